The number of amides is 1. The topological polar surface area (TPSA) is 54.3 Å². The van der Waals surface area contributed by atoms with Gasteiger partial charge in [0.1, 0.15) is 0 Å². The Hall–Kier alpha value is -1.62. The predicted molar refractivity (Wildman–Crippen MR) is 77.5 cm³/mol. The molecular weight excluding hydrogens is 254 g/mol. The fraction of sp³-hybridized carbons (Fsp3) is 0.600. The Kier molecular flexibility index (Phi) is 4.60. The van der Waals surface area contributed by atoms with Crippen LogP contribution in [0.4, 0.5) is 0 Å². The van der Waals surface area contributed by atoms with E-state index >= 15 is 0 Å². The third-order valence-corrected chi connectivity index (χ3v) is 3.79. The number of aromatic nitrogens is 1. The van der Waals surface area contributed by atoms with Gasteiger partial charge in [0, 0.05) is 56.6 Å². The van der Waals surface area contributed by atoms with Crippen LogP contribution in [0.15, 0.2) is 12.3 Å². The van der Waals surface area contributed by atoms with E-state index in [-0.39, 0.29) is 17.7 Å². The summed E-state index contributed by atoms with van der Waals surface area (Å²) in [7, 11) is 1.94. The van der Waals surface area contributed by atoms with Gasteiger partial charge in [0.2, 0.25) is 5.91 Å². The maximum atomic E-state index is 11.8. The fourth-order valence-electron chi connectivity index (χ4n) is 2.62. The van der Waals surface area contributed by atoms with Crippen LogP contribution in [0.1, 0.15) is 42.7 Å². The van der Waals surface area contributed by atoms with Gasteiger partial charge < -0.3 is 14.8 Å². The van der Waals surface area contributed by atoms with Crippen molar-refractivity contribution in [3.63, 3.8) is 0 Å². The molecule has 1 aromatic heterocycles. The first-order valence-electron chi connectivity index (χ1n) is 7.18. The van der Waals surface area contributed by atoms with Gasteiger partial charge in [-0.1, -0.05) is 6.92 Å². The molecule has 0 aromatic carbocycles. The maximum Gasteiger partial charge on any atom is 0.224 e. The molecule has 1 aliphatic heterocycles. The summed E-state index contributed by atoms with van der Waals surface area (Å²) in [5, 5.41) is 3.42. The highest BCUT2D eigenvalue weighted by atomic mass is 16.2. The lowest BCUT2D eigenvalue weighted by atomic mass is 10.2. The highest BCUT2D eigenvalue weighted by molar-refractivity contribution is 5.94. The number of carbonyl (C=O) groups excluding carboxylic acids is 2. The molecule has 0 bridgehead atoms. The molecule has 2 heterocycles. The van der Waals surface area contributed by atoms with Gasteiger partial charge in [-0.2, -0.15) is 0 Å². The second-order valence-electron chi connectivity index (χ2n) is 5.51. The van der Waals surface area contributed by atoms with Crippen molar-refractivity contribution in [3.05, 3.63) is 23.5 Å². The summed E-state index contributed by atoms with van der Waals surface area (Å²) in [6.07, 6.45) is 3.42. The highest BCUT2D eigenvalue weighted by Gasteiger charge is 2.28. The van der Waals surface area contributed by atoms with Crippen LogP contribution in [0.5, 0.6) is 0 Å². The lowest BCUT2D eigenvalue weighted by Gasteiger charge is -2.16. The molecule has 0 aliphatic carbocycles. The molecule has 5 nitrogen and oxygen atoms in total. The van der Waals surface area contributed by atoms with E-state index in [0.29, 0.717) is 13.0 Å². The molecule has 0 saturated carbocycles. The van der Waals surface area contributed by atoms with Gasteiger partial charge in [0.15, 0.2) is 5.78 Å². The lowest BCUT2D eigenvalue weighted by Crippen LogP contribution is -2.33. The van der Waals surface area contributed by atoms with Crippen molar-refractivity contribution in [2.75, 3.05) is 13.1 Å². The molecule has 0 radical (unpaired) electrons. The quantitative estimate of drug-likeness (QED) is 0.798. The number of Topliss-reactive ketones (excluding diaryl/α,β-unsaturated/α-hetero) is 1. The summed E-state index contributed by atoms with van der Waals surface area (Å²) in [4.78, 5) is 25.0. The van der Waals surface area contributed by atoms with E-state index in [4.69, 9.17) is 0 Å². The number of likely N-dealkylation sites (tertiary alicyclic amines) is 1. The van der Waals surface area contributed by atoms with Crippen LogP contribution in [-0.2, 0) is 18.4 Å². The summed E-state index contributed by atoms with van der Waals surface area (Å²) in [5.41, 5.74) is 1.80. The smallest absolute Gasteiger partial charge is 0.224 e. The molecule has 1 atom stereocenters. The number of carbonyl (C=O) groups is 2. The SMILES string of the molecule is CCCN1CC(NCc2cc(C(C)=O)cn2C)CC1=O. The molecule has 1 saturated heterocycles. The van der Waals surface area contributed by atoms with E-state index in [9.17, 15) is 9.59 Å². The molecule has 1 aromatic rings. The first-order chi connectivity index (χ1) is 9.51. The van der Waals surface area contributed by atoms with Crippen LogP contribution in [0.2, 0.25) is 0 Å². The first kappa shape index (κ1) is 14.8. The monoisotopic (exact) mass is 277 g/mol. The normalized spacial score (nSPS) is 18.9. The third kappa shape index (κ3) is 3.28. The second-order valence-corrected chi connectivity index (χ2v) is 5.51. The predicted octanol–water partition coefficient (Wildman–Crippen LogP) is 1.33. The first-order valence-corrected chi connectivity index (χ1v) is 7.18. The van der Waals surface area contributed by atoms with E-state index in [1.54, 1.807) is 6.92 Å². The Bertz CT molecular complexity index is 507. The minimum Gasteiger partial charge on any atom is -0.353 e. The molecule has 1 N–H and O–H groups in total. The Morgan fingerprint density at radius 2 is 2.25 bits per heavy atom. The highest BCUT2D eigenvalue weighted by Crippen LogP contribution is 2.13. The van der Waals surface area contributed by atoms with E-state index in [2.05, 4.69) is 12.2 Å². The van der Waals surface area contributed by atoms with Crippen molar-refractivity contribution in [2.24, 2.45) is 7.05 Å². The van der Waals surface area contributed by atoms with E-state index in [1.807, 2.05) is 28.8 Å². The largest absolute Gasteiger partial charge is 0.353 e. The molecule has 1 aliphatic rings. The maximum absolute atomic E-state index is 11.8. The number of hydrogen-bond acceptors (Lipinski definition) is 3. The van der Waals surface area contributed by atoms with Gasteiger partial charge in [-0.15, -0.1) is 0 Å². The van der Waals surface area contributed by atoms with Crippen molar-refractivity contribution in [1.82, 2.24) is 14.8 Å². The molecule has 0 spiro atoms. The summed E-state index contributed by atoms with van der Waals surface area (Å²) in [6.45, 7) is 5.97. The Labute approximate surface area is 119 Å². The zero-order valence-electron chi connectivity index (χ0n) is 12.5. The zero-order chi connectivity index (χ0) is 14.7. The number of nitrogens with zero attached hydrogens (tertiary/aromatic N) is 2. The van der Waals surface area contributed by atoms with Gasteiger partial charge >= 0.3 is 0 Å². The average molecular weight is 277 g/mol. The molecule has 2 rings (SSSR count). The third-order valence-electron chi connectivity index (χ3n) is 3.79. The Morgan fingerprint density at radius 3 is 2.85 bits per heavy atom. The number of nitrogens with one attached hydrogen (secondary N) is 1. The summed E-state index contributed by atoms with van der Waals surface area (Å²) in [6, 6.07) is 2.13. The van der Waals surface area contributed by atoms with Crippen molar-refractivity contribution >= 4 is 11.7 Å². The molecule has 1 amide bonds. The van der Waals surface area contributed by atoms with Crippen molar-refractivity contribution in [1.29, 1.82) is 0 Å². The van der Waals surface area contributed by atoms with Crippen LogP contribution < -0.4 is 5.32 Å². The summed E-state index contributed by atoms with van der Waals surface area (Å²) < 4.78 is 1.96. The van der Waals surface area contributed by atoms with Crippen LogP contribution >= 0.6 is 0 Å². The van der Waals surface area contributed by atoms with Crippen molar-refractivity contribution < 1.29 is 9.59 Å². The van der Waals surface area contributed by atoms with Gasteiger partial charge in [0.05, 0.1) is 0 Å². The molecule has 1 unspecified atom stereocenters. The molecule has 1 fully saturated rings. The Balaban J connectivity index is 1.90. The average Bonchev–Trinajstić information content (AvgIpc) is 2.92. The number of hydrogen-bond donors (Lipinski definition) is 1. The minimum atomic E-state index is 0.0806. The van der Waals surface area contributed by atoms with E-state index < -0.39 is 0 Å². The van der Waals surface area contributed by atoms with Crippen LogP contribution in [0, 0.1) is 0 Å². The number of aryl methyl sites for hydroxylation is 1. The number of rotatable bonds is 6. The number of ketones is 1. The van der Waals surface area contributed by atoms with E-state index in [1.165, 1.54) is 0 Å². The van der Waals surface area contributed by atoms with Crippen molar-refractivity contribution in [2.45, 2.75) is 39.3 Å². The molecule has 5 heteroatoms. The zero-order valence-corrected chi connectivity index (χ0v) is 12.5. The van der Waals surface area contributed by atoms with Gasteiger partial charge in [-0.3, -0.25) is 9.59 Å². The molecule has 110 valence electrons. The summed E-state index contributed by atoms with van der Waals surface area (Å²) >= 11 is 0. The van der Waals surface area contributed by atoms with Crippen LogP contribution in [0.3, 0.4) is 0 Å². The molecule has 20 heavy (non-hydrogen) atoms. The fourth-order valence-corrected chi connectivity index (χ4v) is 2.62. The van der Waals surface area contributed by atoms with Gasteiger partial charge in [-0.25, -0.2) is 0 Å². The summed E-state index contributed by atoms with van der Waals surface area (Å²) in [5.74, 6) is 0.317. The minimum absolute atomic E-state index is 0.0806. The Morgan fingerprint density at radius 1 is 1.50 bits per heavy atom. The standard InChI is InChI=1S/C15H23N3O2/c1-4-5-18-10-13(7-15(18)20)16-8-14-6-12(11(2)19)9-17(14)3/h6,9,13,16H,4-5,7-8,10H2,1-3H3. The molecular formula is C15H23N3O2. The van der Waals surface area contributed by atoms with Gasteiger partial charge in [0.25, 0.3) is 0 Å². The van der Waals surface area contributed by atoms with Gasteiger partial charge in [-0.05, 0) is 19.4 Å². The van der Waals surface area contributed by atoms with Crippen molar-refractivity contribution in [3.8, 4) is 0 Å². The lowest BCUT2D eigenvalue weighted by molar-refractivity contribution is -0.127. The van der Waals surface area contributed by atoms with Crippen LogP contribution in [-0.4, -0.2) is 40.3 Å². The van der Waals surface area contributed by atoms with E-state index in [0.717, 1.165) is 30.8 Å². The second kappa shape index (κ2) is 6.22. The van der Waals surface area contributed by atoms with Crippen LogP contribution in [0.25, 0.3) is 0 Å².